The molecule has 74 valence electrons. The van der Waals surface area contributed by atoms with Crippen LogP contribution in [0, 0.1) is 11.8 Å². The van der Waals surface area contributed by atoms with E-state index in [4.69, 9.17) is 0 Å². The van der Waals surface area contributed by atoms with Crippen LogP contribution in [-0.2, 0) is 6.54 Å². The number of rotatable bonds is 2. The molecule has 0 radical (unpaired) electrons. The lowest BCUT2D eigenvalue weighted by atomic mass is 10.2. The summed E-state index contributed by atoms with van der Waals surface area (Å²) in [7, 11) is 0. The van der Waals surface area contributed by atoms with Gasteiger partial charge in [0, 0.05) is 24.1 Å². The molecule has 1 nitrogen and oxygen atoms in total. The van der Waals surface area contributed by atoms with Crippen LogP contribution in [0.15, 0.2) is 28.7 Å². The zero-order chi connectivity index (χ0) is 9.54. The van der Waals surface area contributed by atoms with E-state index in [1.165, 1.54) is 29.5 Å². The Labute approximate surface area is 93.2 Å². The van der Waals surface area contributed by atoms with Crippen molar-refractivity contribution in [2.75, 3.05) is 13.1 Å². The van der Waals surface area contributed by atoms with Gasteiger partial charge in [0.15, 0.2) is 0 Å². The van der Waals surface area contributed by atoms with E-state index in [1.54, 1.807) is 0 Å². The zero-order valence-corrected chi connectivity index (χ0v) is 9.70. The fourth-order valence-electron chi connectivity index (χ4n) is 2.49. The predicted octanol–water partition coefficient (Wildman–Crippen LogP) is 2.90. The van der Waals surface area contributed by atoms with E-state index in [0.29, 0.717) is 0 Å². The van der Waals surface area contributed by atoms with Crippen LogP contribution in [0.1, 0.15) is 12.0 Å². The molecular formula is C12H14BrN. The van der Waals surface area contributed by atoms with Crippen molar-refractivity contribution in [2.24, 2.45) is 11.8 Å². The van der Waals surface area contributed by atoms with E-state index in [1.807, 2.05) is 0 Å². The highest BCUT2D eigenvalue weighted by Gasteiger charge is 2.44. The molecule has 1 aliphatic heterocycles. The van der Waals surface area contributed by atoms with E-state index in [0.717, 1.165) is 18.4 Å². The van der Waals surface area contributed by atoms with Crippen molar-refractivity contribution in [1.29, 1.82) is 0 Å². The Morgan fingerprint density at radius 3 is 2.64 bits per heavy atom. The van der Waals surface area contributed by atoms with E-state index in [-0.39, 0.29) is 0 Å². The van der Waals surface area contributed by atoms with Crippen molar-refractivity contribution in [2.45, 2.75) is 13.0 Å². The van der Waals surface area contributed by atoms with Crippen LogP contribution in [0.25, 0.3) is 0 Å². The number of fused-ring (bicyclic) bond motifs is 1. The molecule has 1 heterocycles. The van der Waals surface area contributed by atoms with Gasteiger partial charge >= 0.3 is 0 Å². The molecule has 0 bridgehead atoms. The zero-order valence-electron chi connectivity index (χ0n) is 8.12. The summed E-state index contributed by atoms with van der Waals surface area (Å²) in [6, 6.07) is 8.55. The first-order chi connectivity index (χ1) is 6.83. The monoisotopic (exact) mass is 251 g/mol. The van der Waals surface area contributed by atoms with Gasteiger partial charge in [-0.1, -0.05) is 34.1 Å². The van der Waals surface area contributed by atoms with Crippen molar-refractivity contribution in [3.63, 3.8) is 0 Å². The Morgan fingerprint density at radius 1 is 1.21 bits per heavy atom. The highest BCUT2D eigenvalue weighted by atomic mass is 79.9. The lowest BCUT2D eigenvalue weighted by molar-refractivity contribution is 0.296. The summed E-state index contributed by atoms with van der Waals surface area (Å²) in [5.41, 5.74) is 1.42. The van der Waals surface area contributed by atoms with Crippen LogP contribution in [0.2, 0.25) is 0 Å². The number of nitrogens with zero attached hydrogens (tertiary/aromatic N) is 1. The SMILES string of the molecule is Brc1ccccc1CN1CC2CC2C1. The highest BCUT2D eigenvalue weighted by molar-refractivity contribution is 9.10. The third-order valence-corrected chi connectivity index (χ3v) is 4.18. The third kappa shape index (κ3) is 1.61. The molecule has 0 amide bonds. The topological polar surface area (TPSA) is 3.24 Å². The van der Waals surface area contributed by atoms with Gasteiger partial charge in [0.2, 0.25) is 0 Å². The molecule has 14 heavy (non-hydrogen) atoms. The van der Waals surface area contributed by atoms with Crippen molar-refractivity contribution < 1.29 is 0 Å². The molecule has 0 N–H and O–H groups in total. The average Bonchev–Trinajstić information content (AvgIpc) is 2.79. The van der Waals surface area contributed by atoms with Crippen LogP contribution >= 0.6 is 15.9 Å². The molecule has 2 atom stereocenters. The quantitative estimate of drug-likeness (QED) is 0.782. The first-order valence-corrected chi connectivity index (χ1v) is 6.08. The van der Waals surface area contributed by atoms with Crippen LogP contribution in [0.5, 0.6) is 0 Å². The number of halogens is 1. The standard InChI is InChI=1S/C12H14BrN/c13-12-4-2-1-3-9(12)6-14-7-10-5-11(10)8-14/h1-4,10-11H,5-8H2. The molecule has 2 fully saturated rings. The predicted molar refractivity (Wildman–Crippen MR) is 61.0 cm³/mol. The first-order valence-electron chi connectivity index (χ1n) is 5.28. The maximum atomic E-state index is 3.60. The van der Waals surface area contributed by atoms with Gasteiger partial charge in [0.1, 0.15) is 0 Å². The second kappa shape index (κ2) is 3.35. The molecule has 1 saturated carbocycles. The minimum atomic E-state index is 1.04. The van der Waals surface area contributed by atoms with Crippen molar-refractivity contribution in [1.82, 2.24) is 4.90 Å². The number of likely N-dealkylation sites (tertiary alicyclic amines) is 1. The summed E-state index contributed by atoms with van der Waals surface area (Å²) in [4.78, 5) is 2.58. The minimum Gasteiger partial charge on any atom is -0.298 e. The van der Waals surface area contributed by atoms with Gasteiger partial charge in [-0.05, 0) is 29.9 Å². The van der Waals surface area contributed by atoms with Crippen molar-refractivity contribution in [3.8, 4) is 0 Å². The fraction of sp³-hybridized carbons (Fsp3) is 0.500. The normalized spacial score (nSPS) is 30.4. The Kier molecular flexibility index (Phi) is 2.14. The fourth-order valence-corrected chi connectivity index (χ4v) is 2.90. The minimum absolute atomic E-state index is 1.04. The molecule has 2 heteroatoms. The average molecular weight is 252 g/mol. The molecule has 2 aliphatic rings. The first kappa shape index (κ1) is 8.93. The van der Waals surface area contributed by atoms with Crippen molar-refractivity contribution >= 4 is 15.9 Å². The van der Waals surface area contributed by atoms with Gasteiger partial charge in [-0.3, -0.25) is 4.90 Å². The number of hydrogen-bond acceptors (Lipinski definition) is 1. The smallest absolute Gasteiger partial charge is 0.0245 e. The van der Waals surface area contributed by atoms with Crippen molar-refractivity contribution in [3.05, 3.63) is 34.3 Å². The van der Waals surface area contributed by atoms with Gasteiger partial charge in [-0.25, -0.2) is 0 Å². The van der Waals surface area contributed by atoms with E-state index >= 15 is 0 Å². The molecule has 1 aromatic carbocycles. The Balaban J connectivity index is 1.69. The van der Waals surface area contributed by atoms with Gasteiger partial charge < -0.3 is 0 Å². The second-order valence-electron chi connectivity index (χ2n) is 4.54. The second-order valence-corrected chi connectivity index (χ2v) is 5.40. The summed E-state index contributed by atoms with van der Waals surface area (Å²) in [6.07, 6.45) is 1.49. The maximum absolute atomic E-state index is 3.60. The number of piperidine rings is 1. The summed E-state index contributed by atoms with van der Waals surface area (Å²) >= 11 is 3.60. The van der Waals surface area contributed by atoms with Gasteiger partial charge in [-0.15, -0.1) is 0 Å². The summed E-state index contributed by atoms with van der Waals surface area (Å²) in [6.45, 7) is 3.77. The van der Waals surface area contributed by atoms with Gasteiger partial charge in [0.25, 0.3) is 0 Å². The van der Waals surface area contributed by atoms with Crippen LogP contribution in [0.3, 0.4) is 0 Å². The van der Waals surface area contributed by atoms with Crippen LogP contribution in [0.4, 0.5) is 0 Å². The summed E-state index contributed by atoms with van der Waals surface area (Å²) < 4.78 is 1.25. The van der Waals surface area contributed by atoms with E-state index in [9.17, 15) is 0 Å². The Morgan fingerprint density at radius 2 is 1.93 bits per heavy atom. The summed E-state index contributed by atoms with van der Waals surface area (Å²) in [5.74, 6) is 2.08. The number of hydrogen-bond donors (Lipinski definition) is 0. The Bertz CT molecular complexity index is 340. The number of benzene rings is 1. The highest BCUT2D eigenvalue weighted by Crippen LogP contribution is 2.45. The van der Waals surface area contributed by atoms with Crippen LogP contribution in [-0.4, -0.2) is 18.0 Å². The summed E-state index contributed by atoms with van der Waals surface area (Å²) in [5, 5.41) is 0. The lowest BCUT2D eigenvalue weighted by Gasteiger charge is -2.17. The van der Waals surface area contributed by atoms with Gasteiger partial charge in [0.05, 0.1) is 0 Å². The molecule has 1 saturated heterocycles. The molecule has 1 aromatic rings. The molecule has 0 aromatic heterocycles. The molecule has 3 rings (SSSR count). The lowest BCUT2D eigenvalue weighted by Crippen LogP contribution is -2.22. The van der Waals surface area contributed by atoms with E-state index in [2.05, 4.69) is 45.1 Å². The molecule has 1 aliphatic carbocycles. The van der Waals surface area contributed by atoms with Crippen LogP contribution < -0.4 is 0 Å². The molecular weight excluding hydrogens is 238 g/mol. The Hall–Kier alpha value is -0.340. The largest absolute Gasteiger partial charge is 0.298 e. The molecule has 0 spiro atoms. The maximum Gasteiger partial charge on any atom is 0.0245 e. The van der Waals surface area contributed by atoms with Gasteiger partial charge in [-0.2, -0.15) is 0 Å². The van der Waals surface area contributed by atoms with E-state index < -0.39 is 0 Å². The molecule has 2 unspecified atom stereocenters. The third-order valence-electron chi connectivity index (χ3n) is 3.41.